The van der Waals surface area contributed by atoms with E-state index in [0.29, 0.717) is 23.9 Å². The Morgan fingerprint density at radius 3 is 2.84 bits per heavy atom. The van der Waals surface area contributed by atoms with Gasteiger partial charge in [0.05, 0.1) is 19.5 Å². The molecule has 98 valence electrons. The lowest BCUT2D eigenvalue weighted by atomic mass is 10.2. The van der Waals surface area contributed by atoms with Crippen LogP contribution in [0.3, 0.4) is 0 Å². The fraction of sp³-hybridized carbons (Fsp3) is 0.167. The van der Waals surface area contributed by atoms with Crippen molar-refractivity contribution in [3.05, 3.63) is 42.0 Å². The zero-order valence-electron chi connectivity index (χ0n) is 10.3. The Bertz CT molecular complexity index is 573. The highest BCUT2D eigenvalue weighted by Gasteiger charge is 2.01. The molecule has 0 radical (unpaired) electrons. The second-order valence-electron chi connectivity index (χ2n) is 3.71. The van der Waals surface area contributed by atoms with E-state index < -0.39 is 0 Å². The summed E-state index contributed by atoms with van der Waals surface area (Å²) in [5, 5.41) is 3.14. The third-order valence-corrected chi connectivity index (χ3v) is 2.60. The first-order valence-corrected chi connectivity index (χ1v) is 5.94. The van der Waals surface area contributed by atoms with Crippen LogP contribution in [0, 0.1) is 0 Å². The normalized spacial score (nSPS) is 9.95. The van der Waals surface area contributed by atoms with Crippen molar-refractivity contribution in [2.45, 2.75) is 6.54 Å². The van der Waals surface area contributed by atoms with Gasteiger partial charge in [-0.1, -0.05) is 12.2 Å². The van der Waals surface area contributed by atoms with Gasteiger partial charge in [-0.05, 0) is 11.6 Å². The van der Waals surface area contributed by atoms with Gasteiger partial charge in [0.1, 0.15) is 16.5 Å². The zero-order chi connectivity index (χ0) is 13.7. The van der Waals surface area contributed by atoms with Gasteiger partial charge in [-0.25, -0.2) is 15.0 Å². The van der Waals surface area contributed by atoms with Crippen molar-refractivity contribution in [1.29, 1.82) is 0 Å². The molecule has 2 rings (SSSR count). The number of thiocarbonyl (C=S) groups is 1. The Hall–Kier alpha value is -2.28. The van der Waals surface area contributed by atoms with Gasteiger partial charge in [-0.2, -0.15) is 0 Å². The summed E-state index contributed by atoms with van der Waals surface area (Å²) in [5.41, 5.74) is 6.99. The fourth-order valence-electron chi connectivity index (χ4n) is 1.41. The van der Waals surface area contributed by atoms with Gasteiger partial charge in [0.15, 0.2) is 0 Å². The summed E-state index contributed by atoms with van der Waals surface area (Å²) in [6.45, 7) is 0.597. The van der Waals surface area contributed by atoms with Gasteiger partial charge in [0, 0.05) is 18.8 Å². The number of hydrogen-bond donors (Lipinski definition) is 2. The number of hydrogen-bond acceptors (Lipinski definition) is 6. The standard InChI is InChI=1S/C12H13N5OS/c1-18-11-4-8(2-3-14-11)5-16-10-7-15-9(6-17-10)12(13)19/h2-4,6-7H,5H2,1H3,(H2,13,19)(H,16,17). The summed E-state index contributed by atoms with van der Waals surface area (Å²) >= 11 is 4.81. The smallest absolute Gasteiger partial charge is 0.213 e. The Morgan fingerprint density at radius 1 is 1.37 bits per heavy atom. The molecule has 0 amide bonds. The molecule has 0 aromatic carbocycles. The molecule has 19 heavy (non-hydrogen) atoms. The lowest BCUT2D eigenvalue weighted by Gasteiger charge is -2.06. The average molecular weight is 275 g/mol. The molecular formula is C12H13N5OS. The van der Waals surface area contributed by atoms with Gasteiger partial charge in [-0.15, -0.1) is 0 Å². The van der Waals surface area contributed by atoms with Crippen LogP contribution < -0.4 is 15.8 Å². The van der Waals surface area contributed by atoms with Crippen molar-refractivity contribution in [3.63, 3.8) is 0 Å². The molecule has 0 bridgehead atoms. The van der Waals surface area contributed by atoms with Crippen molar-refractivity contribution >= 4 is 23.0 Å². The van der Waals surface area contributed by atoms with Crippen LogP contribution >= 0.6 is 12.2 Å². The van der Waals surface area contributed by atoms with Crippen molar-refractivity contribution in [2.75, 3.05) is 12.4 Å². The summed E-state index contributed by atoms with van der Waals surface area (Å²) in [6.07, 6.45) is 4.82. The highest BCUT2D eigenvalue weighted by molar-refractivity contribution is 7.80. The topological polar surface area (TPSA) is 86.0 Å². The van der Waals surface area contributed by atoms with E-state index >= 15 is 0 Å². The maximum atomic E-state index is 5.45. The number of ether oxygens (including phenoxy) is 1. The first-order chi connectivity index (χ1) is 9.19. The molecule has 7 heteroatoms. The second kappa shape index (κ2) is 6.05. The van der Waals surface area contributed by atoms with Crippen LogP contribution in [0.1, 0.15) is 11.3 Å². The molecule has 0 unspecified atom stereocenters. The number of anilines is 1. The van der Waals surface area contributed by atoms with Crippen molar-refractivity contribution in [2.24, 2.45) is 5.73 Å². The van der Waals surface area contributed by atoms with E-state index in [2.05, 4.69) is 20.3 Å². The number of nitrogens with two attached hydrogens (primary N) is 1. The van der Waals surface area contributed by atoms with E-state index in [4.69, 9.17) is 22.7 Å². The van der Waals surface area contributed by atoms with Crippen LogP contribution in [0.5, 0.6) is 5.88 Å². The molecule has 2 aromatic heterocycles. The van der Waals surface area contributed by atoms with E-state index in [0.717, 1.165) is 5.56 Å². The van der Waals surface area contributed by atoms with Crippen LogP contribution in [0.15, 0.2) is 30.7 Å². The number of nitrogens with one attached hydrogen (secondary N) is 1. The molecule has 0 atom stereocenters. The molecule has 6 nitrogen and oxygen atoms in total. The van der Waals surface area contributed by atoms with Crippen LogP contribution in [0.4, 0.5) is 5.82 Å². The zero-order valence-corrected chi connectivity index (χ0v) is 11.1. The molecule has 2 heterocycles. The van der Waals surface area contributed by atoms with Crippen LogP contribution in [-0.2, 0) is 6.54 Å². The largest absolute Gasteiger partial charge is 0.481 e. The third kappa shape index (κ3) is 3.59. The summed E-state index contributed by atoms with van der Waals surface area (Å²) in [7, 11) is 1.58. The number of methoxy groups -OCH3 is 1. The molecule has 0 aliphatic heterocycles. The predicted molar refractivity (Wildman–Crippen MR) is 76.0 cm³/mol. The minimum Gasteiger partial charge on any atom is -0.481 e. The summed E-state index contributed by atoms with van der Waals surface area (Å²) in [6, 6.07) is 3.75. The molecule has 0 aliphatic rings. The molecular weight excluding hydrogens is 262 g/mol. The SMILES string of the molecule is COc1cc(CNc2cnc(C(N)=S)cn2)ccn1. The fourth-order valence-corrected chi connectivity index (χ4v) is 1.52. The maximum absolute atomic E-state index is 5.45. The van der Waals surface area contributed by atoms with Crippen LogP contribution in [0.25, 0.3) is 0 Å². The van der Waals surface area contributed by atoms with E-state index in [1.54, 1.807) is 19.5 Å². The van der Waals surface area contributed by atoms with Crippen molar-refractivity contribution in [3.8, 4) is 5.88 Å². The Labute approximate surface area is 116 Å². The molecule has 2 aromatic rings. The molecule has 0 spiro atoms. The maximum Gasteiger partial charge on any atom is 0.213 e. The highest BCUT2D eigenvalue weighted by Crippen LogP contribution is 2.10. The van der Waals surface area contributed by atoms with Gasteiger partial charge >= 0.3 is 0 Å². The lowest BCUT2D eigenvalue weighted by molar-refractivity contribution is 0.397. The summed E-state index contributed by atoms with van der Waals surface area (Å²) in [4.78, 5) is 12.5. The lowest BCUT2D eigenvalue weighted by Crippen LogP contribution is -2.12. The Balaban J connectivity index is 1.99. The van der Waals surface area contributed by atoms with Crippen molar-refractivity contribution in [1.82, 2.24) is 15.0 Å². The average Bonchev–Trinajstić information content (AvgIpc) is 2.46. The quantitative estimate of drug-likeness (QED) is 0.791. The monoisotopic (exact) mass is 275 g/mol. The number of rotatable bonds is 5. The highest BCUT2D eigenvalue weighted by atomic mass is 32.1. The predicted octanol–water partition coefficient (Wildman–Crippen LogP) is 1.13. The first-order valence-electron chi connectivity index (χ1n) is 5.53. The molecule has 0 saturated carbocycles. The molecule has 0 aliphatic carbocycles. The van der Waals surface area contributed by atoms with E-state index in [9.17, 15) is 0 Å². The van der Waals surface area contributed by atoms with Gasteiger partial charge in [0.2, 0.25) is 5.88 Å². The molecule has 0 saturated heterocycles. The van der Waals surface area contributed by atoms with Crippen LogP contribution in [0.2, 0.25) is 0 Å². The first kappa shape index (κ1) is 13.2. The Kier molecular flexibility index (Phi) is 4.19. The number of pyridine rings is 1. The third-order valence-electron chi connectivity index (χ3n) is 2.39. The van der Waals surface area contributed by atoms with E-state index in [1.807, 2.05) is 12.1 Å². The molecule has 3 N–H and O–H groups in total. The van der Waals surface area contributed by atoms with E-state index in [1.165, 1.54) is 6.20 Å². The second-order valence-corrected chi connectivity index (χ2v) is 4.15. The summed E-state index contributed by atoms with van der Waals surface area (Å²) in [5.74, 6) is 1.23. The van der Waals surface area contributed by atoms with Gasteiger partial charge in [-0.3, -0.25) is 0 Å². The minimum atomic E-state index is 0.234. The molecule has 0 fully saturated rings. The minimum absolute atomic E-state index is 0.234. The number of aromatic nitrogens is 3. The summed E-state index contributed by atoms with van der Waals surface area (Å²) < 4.78 is 5.05. The van der Waals surface area contributed by atoms with E-state index in [-0.39, 0.29) is 4.99 Å². The van der Waals surface area contributed by atoms with Crippen LogP contribution in [-0.4, -0.2) is 27.1 Å². The van der Waals surface area contributed by atoms with Gasteiger partial charge < -0.3 is 15.8 Å². The van der Waals surface area contributed by atoms with Gasteiger partial charge in [0.25, 0.3) is 0 Å². The Morgan fingerprint density at radius 2 is 2.21 bits per heavy atom. The van der Waals surface area contributed by atoms with Crippen molar-refractivity contribution < 1.29 is 4.74 Å². The number of nitrogens with zero attached hydrogens (tertiary/aromatic N) is 3.